The Balaban J connectivity index is 1.46. The van der Waals surface area contributed by atoms with Crippen molar-refractivity contribution in [1.29, 1.82) is 0 Å². The van der Waals surface area contributed by atoms with Crippen LogP contribution < -0.4 is 11.0 Å². The van der Waals surface area contributed by atoms with E-state index in [1.54, 1.807) is 23.8 Å². The Morgan fingerprint density at radius 3 is 2.65 bits per heavy atom. The number of amides is 1. The summed E-state index contributed by atoms with van der Waals surface area (Å²) in [7, 11) is 1.60. The first-order valence-corrected chi connectivity index (χ1v) is 11.3. The fourth-order valence-electron chi connectivity index (χ4n) is 4.22. The molecule has 4 aromatic rings. The number of anilines is 1. The normalized spacial score (nSPS) is 14.6. The number of nitrogens with one attached hydrogen (secondary N) is 1. The minimum atomic E-state index is -0.367. The minimum Gasteiger partial charge on any atom is -0.452 e. The third-order valence-electron chi connectivity index (χ3n) is 5.92. The van der Waals surface area contributed by atoms with Crippen molar-refractivity contribution in [3.63, 3.8) is 0 Å². The number of hydrogen-bond donors (Lipinski definition) is 1. The fourth-order valence-corrected chi connectivity index (χ4v) is 4.22. The summed E-state index contributed by atoms with van der Waals surface area (Å²) in [5.41, 5.74) is 3.43. The smallest absolute Gasteiger partial charge is 0.348 e. The third-order valence-corrected chi connectivity index (χ3v) is 5.92. The number of hydrogen-bond acceptors (Lipinski definition) is 7. The van der Waals surface area contributed by atoms with E-state index in [1.807, 2.05) is 36.4 Å². The number of fused-ring (bicyclic) bond motifs is 3. The number of ether oxygens (including phenoxy) is 2. The summed E-state index contributed by atoms with van der Waals surface area (Å²) in [6, 6.07) is 14.9. The molecule has 0 radical (unpaired) electrons. The van der Waals surface area contributed by atoms with Crippen LogP contribution in [0.4, 0.5) is 5.69 Å². The summed E-state index contributed by atoms with van der Waals surface area (Å²) in [5.74, 6) is -0.0757. The standard InChI is InChI=1S/C25H26N4O5/c1-32-13-12-29-23-19-4-2-3-5-20(19)34-24(23)22(27-25(29)31)17-6-8-18(9-7-17)26-21(30)16-28-10-14-33-15-11-28/h2-9H,10-16H2,1H3,(H,26,30). The number of aromatic nitrogens is 2. The van der Waals surface area contributed by atoms with Crippen LogP contribution in [0.2, 0.25) is 0 Å². The molecular weight excluding hydrogens is 436 g/mol. The van der Waals surface area contributed by atoms with Crippen LogP contribution in [-0.4, -0.2) is 66.9 Å². The predicted molar refractivity (Wildman–Crippen MR) is 129 cm³/mol. The number of morpholine rings is 1. The van der Waals surface area contributed by atoms with Crippen LogP contribution in [0, 0.1) is 0 Å². The van der Waals surface area contributed by atoms with Crippen LogP contribution in [-0.2, 0) is 20.8 Å². The maximum Gasteiger partial charge on any atom is 0.348 e. The van der Waals surface area contributed by atoms with Crippen LogP contribution >= 0.6 is 0 Å². The largest absolute Gasteiger partial charge is 0.452 e. The summed E-state index contributed by atoms with van der Waals surface area (Å²) in [6.45, 7) is 3.88. The van der Waals surface area contributed by atoms with Crippen molar-refractivity contribution in [3.05, 3.63) is 59.0 Å². The van der Waals surface area contributed by atoms with Gasteiger partial charge in [-0.05, 0) is 24.3 Å². The first-order chi connectivity index (χ1) is 16.6. The van der Waals surface area contributed by atoms with Gasteiger partial charge in [0, 0.05) is 36.8 Å². The molecule has 1 saturated heterocycles. The van der Waals surface area contributed by atoms with Crippen molar-refractivity contribution in [3.8, 4) is 11.3 Å². The highest BCUT2D eigenvalue weighted by Gasteiger charge is 2.19. The quantitative estimate of drug-likeness (QED) is 0.451. The van der Waals surface area contributed by atoms with Crippen LogP contribution in [0.5, 0.6) is 0 Å². The monoisotopic (exact) mass is 462 g/mol. The third kappa shape index (κ3) is 4.45. The molecule has 1 amide bonds. The molecule has 9 nitrogen and oxygen atoms in total. The second-order valence-electron chi connectivity index (χ2n) is 8.18. The van der Waals surface area contributed by atoms with Gasteiger partial charge in [-0.3, -0.25) is 14.3 Å². The van der Waals surface area contributed by atoms with Gasteiger partial charge in [0.1, 0.15) is 16.8 Å². The van der Waals surface area contributed by atoms with E-state index in [2.05, 4.69) is 15.2 Å². The Morgan fingerprint density at radius 2 is 1.88 bits per heavy atom. The number of carbonyl (C=O) groups is 1. The Hall–Kier alpha value is -3.53. The molecule has 1 aliphatic rings. The molecule has 2 aromatic heterocycles. The topological polar surface area (TPSA) is 98.8 Å². The molecule has 0 saturated carbocycles. The molecule has 0 bridgehead atoms. The lowest BCUT2D eigenvalue weighted by Crippen LogP contribution is -2.41. The van der Waals surface area contributed by atoms with Crippen molar-refractivity contribution >= 4 is 33.7 Å². The van der Waals surface area contributed by atoms with E-state index < -0.39 is 0 Å². The number of methoxy groups -OCH3 is 1. The molecule has 1 N–H and O–H groups in total. The van der Waals surface area contributed by atoms with Gasteiger partial charge in [-0.25, -0.2) is 4.79 Å². The predicted octanol–water partition coefficient (Wildman–Crippen LogP) is 2.73. The maximum absolute atomic E-state index is 13.0. The van der Waals surface area contributed by atoms with Crippen LogP contribution in [0.3, 0.4) is 0 Å². The van der Waals surface area contributed by atoms with Gasteiger partial charge in [-0.15, -0.1) is 0 Å². The van der Waals surface area contributed by atoms with Crippen LogP contribution in [0.1, 0.15) is 0 Å². The molecule has 1 fully saturated rings. The average Bonchev–Trinajstić information content (AvgIpc) is 3.24. The van der Waals surface area contributed by atoms with E-state index in [4.69, 9.17) is 13.9 Å². The van der Waals surface area contributed by atoms with Crippen LogP contribution in [0.25, 0.3) is 33.3 Å². The molecule has 34 heavy (non-hydrogen) atoms. The minimum absolute atomic E-state index is 0.0757. The zero-order valence-electron chi connectivity index (χ0n) is 19.0. The summed E-state index contributed by atoms with van der Waals surface area (Å²) in [5, 5.41) is 3.77. The van der Waals surface area contributed by atoms with Crippen molar-refractivity contribution in [2.24, 2.45) is 0 Å². The number of benzene rings is 2. The molecule has 3 heterocycles. The Morgan fingerprint density at radius 1 is 1.12 bits per heavy atom. The van der Waals surface area contributed by atoms with Gasteiger partial charge in [-0.2, -0.15) is 4.98 Å². The van der Waals surface area contributed by atoms with Crippen molar-refractivity contribution in [2.75, 3.05) is 51.9 Å². The lowest BCUT2D eigenvalue weighted by molar-refractivity contribution is -0.118. The van der Waals surface area contributed by atoms with Gasteiger partial charge >= 0.3 is 5.69 Å². The van der Waals surface area contributed by atoms with Gasteiger partial charge < -0.3 is 19.2 Å². The average molecular weight is 463 g/mol. The number of para-hydroxylation sites is 1. The summed E-state index contributed by atoms with van der Waals surface area (Å²) < 4.78 is 18.2. The van der Waals surface area contributed by atoms with E-state index in [1.165, 1.54) is 0 Å². The number of nitrogens with zero attached hydrogens (tertiary/aromatic N) is 3. The summed E-state index contributed by atoms with van der Waals surface area (Å²) in [6.07, 6.45) is 0. The van der Waals surface area contributed by atoms with E-state index >= 15 is 0 Å². The highest BCUT2D eigenvalue weighted by atomic mass is 16.5. The van der Waals surface area contributed by atoms with E-state index in [0.29, 0.717) is 61.0 Å². The van der Waals surface area contributed by atoms with Gasteiger partial charge in [0.05, 0.1) is 32.9 Å². The van der Waals surface area contributed by atoms with E-state index in [9.17, 15) is 9.59 Å². The SMILES string of the molecule is COCCn1c(=O)nc(-c2ccc(NC(=O)CN3CCOCC3)cc2)c2oc3ccccc3c21. The zero-order chi connectivity index (χ0) is 23.5. The Labute approximate surface area is 195 Å². The summed E-state index contributed by atoms with van der Waals surface area (Å²) >= 11 is 0. The van der Waals surface area contributed by atoms with Crippen LogP contribution in [0.15, 0.2) is 57.7 Å². The zero-order valence-corrected chi connectivity index (χ0v) is 19.0. The van der Waals surface area contributed by atoms with E-state index in [0.717, 1.165) is 24.0 Å². The fraction of sp³-hybridized carbons (Fsp3) is 0.320. The Kier molecular flexibility index (Phi) is 6.39. The van der Waals surface area contributed by atoms with Crippen molar-refractivity contribution in [1.82, 2.24) is 14.5 Å². The second kappa shape index (κ2) is 9.76. The van der Waals surface area contributed by atoms with E-state index in [-0.39, 0.29) is 11.6 Å². The Bertz CT molecular complexity index is 1370. The van der Waals surface area contributed by atoms with Gasteiger partial charge in [0.2, 0.25) is 5.91 Å². The number of rotatable bonds is 7. The van der Waals surface area contributed by atoms with Gasteiger partial charge in [-0.1, -0.05) is 24.3 Å². The molecule has 0 aliphatic carbocycles. The highest BCUT2D eigenvalue weighted by molar-refractivity contribution is 6.06. The molecule has 0 spiro atoms. The molecule has 0 unspecified atom stereocenters. The molecular formula is C25H26N4O5. The molecule has 5 rings (SSSR count). The molecule has 0 atom stereocenters. The molecule has 176 valence electrons. The van der Waals surface area contributed by atoms with Crippen molar-refractivity contribution < 1.29 is 18.7 Å². The lowest BCUT2D eigenvalue weighted by atomic mass is 10.1. The summed E-state index contributed by atoms with van der Waals surface area (Å²) in [4.78, 5) is 31.8. The lowest BCUT2D eigenvalue weighted by Gasteiger charge is -2.25. The van der Waals surface area contributed by atoms with Crippen molar-refractivity contribution in [2.45, 2.75) is 6.54 Å². The van der Waals surface area contributed by atoms with Gasteiger partial charge in [0.15, 0.2) is 5.58 Å². The molecule has 1 aliphatic heterocycles. The molecule has 9 heteroatoms. The molecule has 2 aromatic carbocycles. The number of carbonyl (C=O) groups excluding carboxylic acids is 1. The number of furan rings is 1. The first kappa shape index (κ1) is 22.3. The first-order valence-electron chi connectivity index (χ1n) is 11.3. The second-order valence-corrected chi connectivity index (χ2v) is 8.18. The maximum atomic E-state index is 13.0. The van der Waals surface area contributed by atoms with Gasteiger partial charge in [0.25, 0.3) is 0 Å². The highest BCUT2D eigenvalue weighted by Crippen LogP contribution is 2.33.